The number of nitrogens with one attached hydrogen (secondary N) is 1. The van der Waals surface area contributed by atoms with E-state index in [0.717, 1.165) is 40.2 Å². The van der Waals surface area contributed by atoms with Gasteiger partial charge >= 0.3 is 0 Å². The molecule has 0 saturated heterocycles. The number of rotatable bonds is 4. The molecular formula is C21H22N3O+. The number of hydrogen-bond donors (Lipinski definition) is 2. The highest BCUT2D eigenvalue weighted by Crippen LogP contribution is 2.19. The Morgan fingerprint density at radius 3 is 2.32 bits per heavy atom. The Balaban J connectivity index is 2.11. The Morgan fingerprint density at radius 1 is 1.00 bits per heavy atom. The van der Waals surface area contributed by atoms with Gasteiger partial charge in [0, 0.05) is 30.2 Å². The van der Waals surface area contributed by atoms with E-state index in [0.29, 0.717) is 12.1 Å². The molecule has 0 fully saturated rings. The average molecular weight is 332 g/mol. The molecule has 1 aliphatic rings. The number of nitrogens with two attached hydrogens (primary N) is 1. The molecule has 0 atom stereocenters. The topological polar surface area (TPSA) is 69.4 Å². The second-order valence-corrected chi connectivity index (χ2v) is 6.40. The van der Waals surface area contributed by atoms with Crippen molar-refractivity contribution in [3.8, 4) is 0 Å². The van der Waals surface area contributed by atoms with Gasteiger partial charge in [-0.2, -0.15) is 0 Å². The van der Waals surface area contributed by atoms with E-state index in [-0.39, 0.29) is 0 Å². The number of anilines is 1. The number of nitrogen functional groups attached to an aromatic ring is 1. The second-order valence-electron chi connectivity index (χ2n) is 6.40. The molecule has 0 bridgehead atoms. The van der Waals surface area contributed by atoms with Crippen molar-refractivity contribution in [2.45, 2.75) is 26.7 Å². The summed E-state index contributed by atoms with van der Waals surface area (Å²) in [6, 6.07) is 14.4. The lowest BCUT2D eigenvalue weighted by Crippen LogP contribution is -2.71. The molecule has 0 saturated carbocycles. The maximum absolute atomic E-state index is 10.7. The molecule has 4 heteroatoms. The molecule has 0 aliphatic heterocycles. The lowest BCUT2D eigenvalue weighted by molar-refractivity contribution is -0.399. The van der Waals surface area contributed by atoms with Gasteiger partial charge in [0.25, 0.3) is 0 Å². The van der Waals surface area contributed by atoms with Crippen molar-refractivity contribution in [2.75, 3.05) is 5.73 Å². The van der Waals surface area contributed by atoms with Crippen LogP contribution in [0.15, 0.2) is 71.2 Å². The molecule has 3 rings (SSSR count). The second kappa shape index (κ2) is 7.26. The van der Waals surface area contributed by atoms with Crippen LogP contribution < -0.4 is 10.7 Å². The van der Waals surface area contributed by atoms with Gasteiger partial charge in [-0.1, -0.05) is 23.8 Å². The summed E-state index contributed by atoms with van der Waals surface area (Å²) in [7, 11) is 0. The van der Waals surface area contributed by atoms with Crippen molar-refractivity contribution in [1.82, 2.24) is 0 Å². The van der Waals surface area contributed by atoms with Crippen LogP contribution >= 0.6 is 0 Å². The van der Waals surface area contributed by atoms with Gasteiger partial charge in [-0.05, 0) is 54.9 Å². The lowest BCUT2D eigenvalue weighted by Gasteiger charge is -2.09. The first kappa shape index (κ1) is 16.8. The summed E-state index contributed by atoms with van der Waals surface area (Å²) < 4.78 is 0. The van der Waals surface area contributed by atoms with E-state index in [4.69, 9.17) is 5.73 Å². The van der Waals surface area contributed by atoms with Gasteiger partial charge in [0.15, 0.2) is 5.70 Å². The van der Waals surface area contributed by atoms with Gasteiger partial charge in [0.1, 0.15) is 0 Å². The Kier molecular flexibility index (Phi) is 4.89. The maximum atomic E-state index is 10.7. The van der Waals surface area contributed by atoms with Crippen LogP contribution in [-0.4, -0.2) is 5.71 Å². The normalized spacial score (nSPS) is 14.7. The Bertz CT molecular complexity index is 890. The fourth-order valence-corrected chi connectivity index (χ4v) is 2.89. The molecule has 25 heavy (non-hydrogen) atoms. The summed E-state index contributed by atoms with van der Waals surface area (Å²) in [5.41, 5.74) is 14.0. The number of hydrogen-bond acceptors (Lipinski definition) is 3. The van der Waals surface area contributed by atoms with E-state index >= 15 is 0 Å². The van der Waals surface area contributed by atoms with E-state index in [1.807, 2.05) is 25.1 Å². The van der Waals surface area contributed by atoms with Gasteiger partial charge in [0.2, 0.25) is 5.71 Å². The SMILES string of the molecule is Cc1ccc(C(=[NH+]C2=CC=C(N=O)CC2)c2ccc(C)cc2N)cc1. The Labute approximate surface area is 147 Å². The quantitative estimate of drug-likeness (QED) is 0.513. The fourth-order valence-electron chi connectivity index (χ4n) is 2.89. The predicted octanol–water partition coefficient (Wildman–Crippen LogP) is 3.13. The first-order valence-electron chi connectivity index (χ1n) is 8.37. The highest BCUT2D eigenvalue weighted by atomic mass is 16.3. The number of aryl methyl sites for hydroxylation is 2. The molecule has 0 radical (unpaired) electrons. The zero-order chi connectivity index (χ0) is 17.8. The van der Waals surface area contributed by atoms with E-state index < -0.39 is 0 Å². The number of nitroso groups, excluding NO2 is 1. The molecule has 1 aliphatic carbocycles. The van der Waals surface area contributed by atoms with Crippen molar-refractivity contribution in [2.24, 2.45) is 5.18 Å². The summed E-state index contributed by atoms with van der Waals surface area (Å²) in [6.45, 7) is 4.10. The van der Waals surface area contributed by atoms with Gasteiger partial charge in [-0.3, -0.25) is 0 Å². The third kappa shape index (κ3) is 3.91. The minimum atomic E-state index is 0.581. The fraction of sp³-hybridized carbons (Fsp3) is 0.190. The summed E-state index contributed by atoms with van der Waals surface area (Å²) in [5.74, 6) is 0. The summed E-state index contributed by atoms with van der Waals surface area (Å²) >= 11 is 0. The molecular weight excluding hydrogens is 310 g/mol. The maximum Gasteiger partial charge on any atom is 0.220 e. The molecule has 126 valence electrons. The van der Waals surface area contributed by atoms with Crippen molar-refractivity contribution in [1.29, 1.82) is 0 Å². The van der Waals surface area contributed by atoms with E-state index in [1.54, 1.807) is 6.08 Å². The van der Waals surface area contributed by atoms with Crippen molar-refractivity contribution in [3.05, 3.63) is 93.2 Å². The highest BCUT2D eigenvalue weighted by molar-refractivity contribution is 6.12. The third-order valence-corrected chi connectivity index (χ3v) is 4.35. The van der Waals surface area contributed by atoms with Crippen molar-refractivity contribution in [3.63, 3.8) is 0 Å². The minimum absolute atomic E-state index is 0.581. The number of nitrogens with zero attached hydrogens (tertiary/aromatic N) is 1. The zero-order valence-electron chi connectivity index (χ0n) is 14.5. The van der Waals surface area contributed by atoms with Gasteiger partial charge < -0.3 is 5.73 Å². The van der Waals surface area contributed by atoms with E-state index in [9.17, 15) is 4.91 Å². The third-order valence-electron chi connectivity index (χ3n) is 4.35. The molecule has 4 nitrogen and oxygen atoms in total. The minimum Gasteiger partial charge on any atom is -0.398 e. The highest BCUT2D eigenvalue weighted by Gasteiger charge is 2.19. The van der Waals surface area contributed by atoms with Crippen molar-refractivity contribution >= 4 is 11.4 Å². The van der Waals surface area contributed by atoms with Gasteiger partial charge in [-0.25, -0.2) is 4.99 Å². The summed E-state index contributed by atoms with van der Waals surface area (Å²) in [5, 5.41) is 3.02. The molecule has 0 aromatic heterocycles. The Morgan fingerprint density at radius 2 is 1.72 bits per heavy atom. The molecule has 0 heterocycles. The first-order valence-corrected chi connectivity index (χ1v) is 8.37. The van der Waals surface area contributed by atoms with Crippen LogP contribution in [0.25, 0.3) is 0 Å². The van der Waals surface area contributed by atoms with Gasteiger partial charge in [0.05, 0.1) is 11.3 Å². The lowest BCUT2D eigenvalue weighted by atomic mass is 9.98. The van der Waals surface area contributed by atoms with Crippen LogP contribution in [0.2, 0.25) is 0 Å². The molecule has 0 amide bonds. The van der Waals surface area contributed by atoms with E-state index in [1.165, 1.54) is 5.56 Å². The van der Waals surface area contributed by atoms with Crippen LogP contribution in [0.4, 0.5) is 5.69 Å². The van der Waals surface area contributed by atoms with E-state index in [2.05, 4.69) is 47.4 Å². The largest absolute Gasteiger partial charge is 0.398 e. The smallest absolute Gasteiger partial charge is 0.220 e. The predicted molar refractivity (Wildman–Crippen MR) is 102 cm³/mol. The van der Waals surface area contributed by atoms with Crippen LogP contribution in [0.1, 0.15) is 35.1 Å². The Hall–Kier alpha value is -3.01. The average Bonchev–Trinajstić information content (AvgIpc) is 2.62. The molecule has 0 unspecified atom stereocenters. The van der Waals surface area contributed by atoms with Crippen LogP contribution in [-0.2, 0) is 0 Å². The number of allylic oxidation sites excluding steroid dienone is 4. The van der Waals surface area contributed by atoms with Crippen LogP contribution in [0.5, 0.6) is 0 Å². The molecule has 2 aromatic carbocycles. The van der Waals surface area contributed by atoms with Crippen LogP contribution in [0.3, 0.4) is 0 Å². The molecule has 3 N–H and O–H groups in total. The van der Waals surface area contributed by atoms with Crippen molar-refractivity contribution < 1.29 is 4.99 Å². The van der Waals surface area contributed by atoms with Crippen LogP contribution in [0, 0.1) is 18.8 Å². The first-order chi connectivity index (χ1) is 12.1. The molecule has 0 spiro atoms. The number of benzene rings is 2. The molecule has 2 aromatic rings. The zero-order valence-corrected chi connectivity index (χ0v) is 14.5. The summed E-state index contributed by atoms with van der Waals surface area (Å²) in [4.78, 5) is 14.2. The van der Waals surface area contributed by atoms with Gasteiger partial charge in [-0.15, -0.1) is 4.91 Å². The standard InChI is InChI=1S/C21H21N3O/c1-14-3-6-16(7-4-14)21(19-12-5-15(2)13-20(19)22)23-17-8-10-18(24-25)11-9-17/h3-8,10,12-13H,9,11,22H2,1-2H3/p+1. The summed E-state index contributed by atoms with van der Waals surface area (Å²) in [6.07, 6.45) is 5.08. The monoisotopic (exact) mass is 332 g/mol.